The van der Waals surface area contributed by atoms with Crippen LogP contribution in [-0.4, -0.2) is 17.4 Å². The lowest BCUT2D eigenvalue weighted by atomic mass is 10.1. The topological polar surface area (TPSA) is 74.0 Å². The van der Waals surface area contributed by atoms with Crippen LogP contribution >= 0.6 is 0 Å². The zero-order valence-electron chi connectivity index (χ0n) is 17.2. The Bertz CT molecular complexity index is 1040. The van der Waals surface area contributed by atoms with Crippen molar-refractivity contribution in [1.82, 2.24) is 4.98 Å². The molecular formula is C24H29N3O2. The van der Waals surface area contributed by atoms with E-state index < -0.39 is 5.91 Å². The number of amides is 1. The summed E-state index contributed by atoms with van der Waals surface area (Å²) in [5.41, 5.74) is 3.48. The second kappa shape index (κ2) is 9.92. The lowest BCUT2D eigenvalue weighted by molar-refractivity contribution is 0.102. The molecule has 3 N–H and O–H groups in total. The first-order chi connectivity index (χ1) is 14.1. The molecule has 3 rings (SSSR count). The number of nitrogens with one attached hydrogen (secondary N) is 3. The number of benzene rings is 2. The molecule has 0 fully saturated rings. The van der Waals surface area contributed by atoms with Crippen molar-refractivity contribution in [2.75, 3.05) is 17.2 Å². The molecule has 0 unspecified atom stereocenters. The van der Waals surface area contributed by atoms with Crippen LogP contribution in [0.1, 0.15) is 55.5 Å². The zero-order chi connectivity index (χ0) is 20.6. The van der Waals surface area contributed by atoms with Gasteiger partial charge >= 0.3 is 0 Å². The van der Waals surface area contributed by atoms with Crippen molar-refractivity contribution < 1.29 is 4.79 Å². The van der Waals surface area contributed by atoms with E-state index >= 15 is 0 Å². The number of aromatic nitrogens is 1. The van der Waals surface area contributed by atoms with Gasteiger partial charge in [0, 0.05) is 35.0 Å². The van der Waals surface area contributed by atoms with Crippen LogP contribution in [0.3, 0.4) is 0 Å². The number of hydrogen-bond donors (Lipinski definition) is 3. The van der Waals surface area contributed by atoms with Gasteiger partial charge < -0.3 is 15.6 Å². The Labute approximate surface area is 171 Å². The Morgan fingerprint density at radius 1 is 1.03 bits per heavy atom. The Morgan fingerprint density at radius 2 is 1.86 bits per heavy atom. The molecule has 0 atom stereocenters. The highest BCUT2D eigenvalue weighted by Gasteiger charge is 2.14. The maximum absolute atomic E-state index is 12.7. The maximum atomic E-state index is 12.7. The molecule has 0 spiro atoms. The Kier molecular flexibility index (Phi) is 7.06. The van der Waals surface area contributed by atoms with Gasteiger partial charge in [-0.15, -0.1) is 0 Å². The average molecular weight is 392 g/mol. The third kappa shape index (κ3) is 5.05. The number of carbonyl (C=O) groups is 1. The highest BCUT2D eigenvalue weighted by molar-refractivity contribution is 6.05. The van der Waals surface area contributed by atoms with E-state index in [1.165, 1.54) is 31.0 Å². The number of fused-ring (bicyclic) bond motifs is 1. The summed E-state index contributed by atoms with van der Waals surface area (Å²) in [6.45, 7) is 5.23. The first-order valence-corrected chi connectivity index (χ1v) is 10.4. The van der Waals surface area contributed by atoms with Crippen LogP contribution in [0.4, 0.5) is 11.4 Å². The van der Waals surface area contributed by atoms with Gasteiger partial charge in [-0.3, -0.25) is 9.59 Å². The third-order valence-electron chi connectivity index (χ3n) is 5.13. The number of aromatic amines is 1. The van der Waals surface area contributed by atoms with Gasteiger partial charge in [-0.05, 0) is 42.7 Å². The summed E-state index contributed by atoms with van der Waals surface area (Å²) < 4.78 is 0. The molecule has 2 aromatic carbocycles. The predicted molar refractivity (Wildman–Crippen MR) is 121 cm³/mol. The molecule has 0 bridgehead atoms. The summed E-state index contributed by atoms with van der Waals surface area (Å²) in [5, 5.41) is 6.87. The van der Waals surface area contributed by atoms with Gasteiger partial charge in [-0.25, -0.2) is 0 Å². The molecule has 1 heterocycles. The van der Waals surface area contributed by atoms with E-state index in [0.717, 1.165) is 30.6 Å². The van der Waals surface area contributed by atoms with Gasteiger partial charge in [0.05, 0.1) is 0 Å². The molecular weight excluding hydrogens is 362 g/mol. The number of aryl methyl sites for hydroxylation is 1. The highest BCUT2D eigenvalue weighted by Crippen LogP contribution is 2.22. The monoisotopic (exact) mass is 391 g/mol. The second-order valence-corrected chi connectivity index (χ2v) is 7.24. The van der Waals surface area contributed by atoms with Crippen molar-refractivity contribution in [2.24, 2.45) is 0 Å². The van der Waals surface area contributed by atoms with Crippen LogP contribution in [0.5, 0.6) is 0 Å². The van der Waals surface area contributed by atoms with E-state index in [2.05, 4.69) is 29.5 Å². The van der Waals surface area contributed by atoms with E-state index in [1.54, 1.807) is 12.1 Å². The molecule has 29 heavy (non-hydrogen) atoms. The van der Waals surface area contributed by atoms with E-state index in [4.69, 9.17) is 0 Å². The van der Waals surface area contributed by atoms with Crippen LogP contribution < -0.4 is 16.1 Å². The number of anilines is 2. The molecule has 152 valence electrons. The molecule has 0 aliphatic rings. The summed E-state index contributed by atoms with van der Waals surface area (Å²) >= 11 is 0. The fourth-order valence-electron chi connectivity index (χ4n) is 3.44. The van der Waals surface area contributed by atoms with E-state index in [1.807, 2.05) is 30.3 Å². The lowest BCUT2D eigenvalue weighted by Crippen LogP contribution is -2.22. The molecule has 0 aliphatic heterocycles. The smallest absolute Gasteiger partial charge is 0.261 e. The fraction of sp³-hybridized carbons (Fsp3) is 0.333. The van der Waals surface area contributed by atoms with Gasteiger partial charge in [0.15, 0.2) is 0 Å². The molecule has 0 saturated heterocycles. The van der Waals surface area contributed by atoms with Crippen molar-refractivity contribution in [3.05, 3.63) is 70.0 Å². The van der Waals surface area contributed by atoms with Crippen LogP contribution in [0.2, 0.25) is 0 Å². The van der Waals surface area contributed by atoms with Crippen molar-refractivity contribution in [3.63, 3.8) is 0 Å². The summed E-state index contributed by atoms with van der Waals surface area (Å²) in [4.78, 5) is 28.4. The van der Waals surface area contributed by atoms with Crippen molar-refractivity contribution in [1.29, 1.82) is 0 Å². The summed E-state index contributed by atoms with van der Waals surface area (Å²) in [5.74, 6) is -0.407. The Balaban J connectivity index is 1.75. The number of pyridine rings is 1. The second-order valence-electron chi connectivity index (χ2n) is 7.24. The van der Waals surface area contributed by atoms with Gasteiger partial charge in [0.1, 0.15) is 5.56 Å². The van der Waals surface area contributed by atoms with E-state index in [-0.39, 0.29) is 11.0 Å². The number of rotatable bonds is 9. The largest absolute Gasteiger partial charge is 0.385 e. The number of H-pyrrole nitrogens is 1. The van der Waals surface area contributed by atoms with Gasteiger partial charge in [0.2, 0.25) is 5.43 Å². The maximum Gasteiger partial charge on any atom is 0.261 e. The Morgan fingerprint density at radius 3 is 2.66 bits per heavy atom. The van der Waals surface area contributed by atoms with Gasteiger partial charge in [-0.1, -0.05) is 51.3 Å². The third-order valence-corrected chi connectivity index (χ3v) is 5.13. The van der Waals surface area contributed by atoms with Crippen molar-refractivity contribution in [3.8, 4) is 0 Å². The molecule has 5 nitrogen and oxygen atoms in total. The molecule has 1 amide bonds. The summed E-state index contributed by atoms with van der Waals surface area (Å²) in [6, 6.07) is 13.0. The number of carbonyl (C=O) groups excluding carboxylic acids is 1. The minimum absolute atomic E-state index is 0.109. The quantitative estimate of drug-likeness (QED) is 0.431. The van der Waals surface area contributed by atoms with Crippen molar-refractivity contribution >= 4 is 28.2 Å². The standard InChI is InChI=1S/C24H29N3O2/c1-3-5-6-9-14-25-22-15-18(13-12-17(22)4-2)27-24(29)20-16-26-21-11-8-7-10-19(21)23(20)28/h7-8,10-13,15-16,25H,3-6,9,14H2,1-2H3,(H,26,28)(H,27,29). The summed E-state index contributed by atoms with van der Waals surface area (Å²) in [7, 11) is 0. The number of unbranched alkanes of at least 4 members (excludes halogenated alkanes) is 3. The SMILES string of the molecule is CCCCCCNc1cc(NC(=O)c2c[nH]c3ccccc3c2=O)ccc1CC. The predicted octanol–water partition coefficient (Wildman–Crippen LogP) is 5.34. The Hall–Kier alpha value is -3.08. The highest BCUT2D eigenvalue weighted by atomic mass is 16.2. The lowest BCUT2D eigenvalue weighted by Gasteiger charge is -2.14. The summed E-state index contributed by atoms with van der Waals surface area (Å²) in [6.07, 6.45) is 7.20. The molecule has 0 radical (unpaired) electrons. The first-order valence-electron chi connectivity index (χ1n) is 10.4. The fourth-order valence-corrected chi connectivity index (χ4v) is 3.44. The minimum atomic E-state index is -0.407. The van der Waals surface area contributed by atoms with Crippen molar-refractivity contribution in [2.45, 2.75) is 46.0 Å². The number of hydrogen-bond acceptors (Lipinski definition) is 3. The van der Waals surface area contributed by atoms with Gasteiger partial charge in [-0.2, -0.15) is 0 Å². The zero-order valence-corrected chi connectivity index (χ0v) is 17.2. The van der Waals surface area contributed by atoms with Crippen LogP contribution in [0.15, 0.2) is 53.5 Å². The average Bonchev–Trinajstić information content (AvgIpc) is 2.74. The van der Waals surface area contributed by atoms with Gasteiger partial charge in [0.25, 0.3) is 5.91 Å². The van der Waals surface area contributed by atoms with E-state index in [9.17, 15) is 9.59 Å². The molecule has 3 aromatic rings. The first kappa shape index (κ1) is 20.6. The molecule has 0 saturated carbocycles. The molecule has 5 heteroatoms. The minimum Gasteiger partial charge on any atom is -0.385 e. The molecule has 0 aliphatic carbocycles. The van der Waals surface area contributed by atoms with Crippen LogP contribution in [0.25, 0.3) is 10.9 Å². The number of para-hydroxylation sites is 1. The van der Waals surface area contributed by atoms with Crippen LogP contribution in [-0.2, 0) is 6.42 Å². The normalized spacial score (nSPS) is 10.8. The van der Waals surface area contributed by atoms with Crippen LogP contribution in [0, 0.1) is 0 Å². The molecule has 1 aromatic heterocycles. The van der Waals surface area contributed by atoms with E-state index in [0.29, 0.717) is 11.1 Å².